The van der Waals surface area contributed by atoms with Crippen molar-refractivity contribution >= 4 is 12.1 Å². The summed E-state index contributed by atoms with van der Waals surface area (Å²) in [6.45, 7) is 4.14. The molecule has 6 heteroatoms. The Morgan fingerprint density at radius 2 is 1.89 bits per heavy atom. The highest BCUT2D eigenvalue weighted by atomic mass is 16.5. The van der Waals surface area contributed by atoms with Gasteiger partial charge >= 0.3 is 0 Å². The molecule has 0 aliphatic carbocycles. The maximum atomic E-state index is 9.27. The maximum absolute atomic E-state index is 9.27. The quantitative estimate of drug-likeness (QED) is 0.404. The highest BCUT2D eigenvalue weighted by Crippen LogP contribution is 2.27. The number of hydrogen-bond donors (Lipinski definition) is 1. The molecular weight excluding hydrogens is 352 g/mol. The number of anilines is 1. The number of rotatable bonds is 8. The summed E-state index contributed by atoms with van der Waals surface area (Å²) < 4.78 is 11.5. The van der Waals surface area contributed by atoms with E-state index in [1.165, 1.54) is 0 Å². The molecule has 0 bridgehead atoms. The molecule has 1 aromatic heterocycles. The Balaban J connectivity index is 1.70. The Kier molecular flexibility index (Phi) is 6.42. The SMILES string of the molecule is CCC(CC)c1nc(C#N)c(NN=Cc2cccc(Oc3ccccc3)c2)o1. The second-order valence-electron chi connectivity index (χ2n) is 6.21. The first-order valence-electron chi connectivity index (χ1n) is 9.26. The Bertz CT molecular complexity index is 970. The summed E-state index contributed by atoms with van der Waals surface area (Å²) in [4.78, 5) is 4.27. The van der Waals surface area contributed by atoms with Crippen molar-refractivity contribution in [2.45, 2.75) is 32.6 Å². The largest absolute Gasteiger partial charge is 0.457 e. The molecule has 0 radical (unpaired) electrons. The third kappa shape index (κ3) is 4.77. The van der Waals surface area contributed by atoms with Gasteiger partial charge in [-0.05, 0) is 42.7 Å². The van der Waals surface area contributed by atoms with Crippen LogP contribution in [0.2, 0.25) is 0 Å². The van der Waals surface area contributed by atoms with E-state index in [4.69, 9.17) is 9.15 Å². The van der Waals surface area contributed by atoms with Gasteiger partial charge in [0, 0.05) is 5.92 Å². The van der Waals surface area contributed by atoms with Crippen molar-refractivity contribution in [1.29, 1.82) is 5.26 Å². The van der Waals surface area contributed by atoms with Crippen LogP contribution in [0.25, 0.3) is 0 Å². The van der Waals surface area contributed by atoms with Crippen LogP contribution in [0.5, 0.6) is 11.5 Å². The van der Waals surface area contributed by atoms with Crippen molar-refractivity contribution in [3.63, 3.8) is 0 Å². The van der Waals surface area contributed by atoms with Crippen LogP contribution in [-0.4, -0.2) is 11.2 Å². The van der Waals surface area contributed by atoms with E-state index in [0.717, 1.165) is 24.2 Å². The summed E-state index contributed by atoms with van der Waals surface area (Å²) in [5, 5.41) is 13.4. The van der Waals surface area contributed by atoms with Gasteiger partial charge in [0.15, 0.2) is 0 Å². The highest BCUT2D eigenvalue weighted by molar-refractivity contribution is 5.80. The van der Waals surface area contributed by atoms with Gasteiger partial charge in [0.05, 0.1) is 6.21 Å². The fraction of sp³-hybridized carbons (Fsp3) is 0.227. The molecule has 0 saturated heterocycles. The fourth-order valence-electron chi connectivity index (χ4n) is 2.75. The van der Waals surface area contributed by atoms with E-state index < -0.39 is 0 Å². The van der Waals surface area contributed by atoms with Crippen molar-refractivity contribution in [2.24, 2.45) is 5.10 Å². The predicted molar refractivity (Wildman–Crippen MR) is 109 cm³/mol. The minimum atomic E-state index is 0.193. The molecule has 6 nitrogen and oxygen atoms in total. The molecule has 142 valence electrons. The first-order valence-corrected chi connectivity index (χ1v) is 9.26. The lowest BCUT2D eigenvalue weighted by Gasteiger charge is -2.06. The summed E-state index contributed by atoms with van der Waals surface area (Å²) in [5.41, 5.74) is 3.84. The molecule has 0 aliphatic heterocycles. The van der Waals surface area contributed by atoms with E-state index in [0.29, 0.717) is 11.6 Å². The lowest BCUT2D eigenvalue weighted by Crippen LogP contribution is -1.95. The van der Waals surface area contributed by atoms with Crippen molar-refractivity contribution in [3.8, 4) is 17.6 Å². The highest BCUT2D eigenvalue weighted by Gasteiger charge is 2.18. The Labute approximate surface area is 164 Å². The van der Waals surface area contributed by atoms with Crippen LogP contribution in [0.4, 0.5) is 5.88 Å². The number of hydrogen-bond acceptors (Lipinski definition) is 6. The molecule has 2 aromatic carbocycles. The average molecular weight is 374 g/mol. The van der Waals surface area contributed by atoms with Gasteiger partial charge in [-0.1, -0.05) is 44.2 Å². The molecule has 1 heterocycles. The zero-order chi connectivity index (χ0) is 19.8. The third-order valence-corrected chi connectivity index (χ3v) is 4.30. The normalized spacial score (nSPS) is 10.9. The molecule has 0 atom stereocenters. The first-order chi connectivity index (χ1) is 13.7. The van der Waals surface area contributed by atoms with Gasteiger partial charge in [0.2, 0.25) is 11.6 Å². The standard InChI is InChI=1S/C22H22N4O2/c1-3-17(4-2)21-25-20(14-23)22(28-21)26-24-15-16-9-8-12-19(13-16)27-18-10-6-5-7-11-18/h5-13,15,17,26H,3-4H2,1-2H3. The lowest BCUT2D eigenvalue weighted by molar-refractivity contribution is 0.439. The second-order valence-corrected chi connectivity index (χ2v) is 6.21. The number of benzene rings is 2. The van der Waals surface area contributed by atoms with E-state index in [-0.39, 0.29) is 17.5 Å². The number of aromatic nitrogens is 1. The monoisotopic (exact) mass is 374 g/mol. The van der Waals surface area contributed by atoms with Gasteiger partial charge in [0.25, 0.3) is 5.88 Å². The smallest absolute Gasteiger partial charge is 0.252 e. The van der Waals surface area contributed by atoms with E-state index in [2.05, 4.69) is 29.4 Å². The van der Waals surface area contributed by atoms with Gasteiger partial charge in [-0.2, -0.15) is 10.4 Å². The number of oxazole rings is 1. The molecule has 0 spiro atoms. The Morgan fingerprint density at radius 1 is 1.14 bits per heavy atom. The van der Waals surface area contributed by atoms with Crippen molar-refractivity contribution in [3.05, 3.63) is 71.7 Å². The van der Waals surface area contributed by atoms with Gasteiger partial charge in [-0.15, -0.1) is 0 Å². The molecule has 3 aromatic rings. The molecular formula is C22H22N4O2. The van der Waals surface area contributed by atoms with Crippen LogP contribution < -0.4 is 10.2 Å². The number of nitrogens with one attached hydrogen (secondary N) is 1. The molecule has 1 N–H and O–H groups in total. The maximum Gasteiger partial charge on any atom is 0.252 e. The minimum absolute atomic E-state index is 0.193. The van der Waals surface area contributed by atoms with Crippen molar-refractivity contribution in [2.75, 3.05) is 5.43 Å². The predicted octanol–water partition coefficient (Wildman–Crippen LogP) is 5.69. The summed E-state index contributed by atoms with van der Waals surface area (Å²) in [5.74, 6) is 2.50. The zero-order valence-electron chi connectivity index (χ0n) is 15.9. The molecule has 0 unspecified atom stereocenters. The number of ether oxygens (including phenoxy) is 1. The van der Waals surface area contributed by atoms with Crippen LogP contribution in [0.3, 0.4) is 0 Å². The molecule has 0 aliphatic rings. The number of nitrogens with zero attached hydrogens (tertiary/aromatic N) is 3. The Hall–Kier alpha value is -3.59. The molecule has 28 heavy (non-hydrogen) atoms. The van der Waals surface area contributed by atoms with E-state index >= 15 is 0 Å². The lowest BCUT2D eigenvalue weighted by atomic mass is 10.0. The average Bonchev–Trinajstić information content (AvgIpc) is 3.13. The minimum Gasteiger partial charge on any atom is -0.457 e. The van der Waals surface area contributed by atoms with Crippen LogP contribution in [-0.2, 0) is 0 Å². The van der Waals surface area contributed by atoms with Crippen molar-refractivity contribution < 1.29 is 9.15 Å². The van der Waals surface area contributed by atoms with Crippen LogP contribution in [0.15, 0.2) is 64.1 Å². The number of para-hydroxylation sites is 1. The van der Waals surface area contributed by atoms with E-state index in [9.17, 15) is 5.26 Å². The molecule has 0 fully saturated rings. The molecule has 3 rings (SSSR count). The van der Waals surface area contributed by atoms with Crippen LogP contribution in [0.1, 0.15) is 49.8 Å². The number of nitriles is 1. The number of hydrazone groups is 1. The molecule has 0 amide bonds. The topological polar surface area (TPSA) is 83.4 Å². The Morgan fingerprint density at radius 3 is 2.61 bits per heavy atom. The van der Waals surface area contributed by atoms with Gasteiger partial charge in [0.1, 0.15) is 17.6 Å². The second kappa shape index (κ2) is 9.38. The van der Waals surface area contributed by atoms with Gasteiger partial charge < -0.3 is 9.15 Å². The van der Waals surface area contributed by atoms with Crippen LogP contribution >= 0.6 is 0 Å². The fourth-order valence-corrected chi connectivity index (χ4v) is 2.75. The summed E-state index contributed by atoms with van der Waals surface area (Å²) in [7, 11) is 0. The van der Waals surface area contributed by atoms with Gasteiger partial charge in [-0.25, -0.2) is 10.4 Å². The van der Waals surface area contributed by atoms with Gasteiger partial charge in [-0.3, -0.25) is 0 Å². The first kappa shape index (κ1) is 19.2. The van der Waals surface area contributed by atoms with E-state index in [1.807, 2.05) is 60.7 Å². The van der Waals surface area contributed by atoms with E-state index in [1.54, 1.807) is 6.21 Å². The van der Waals surface area contributed by atoms with Crippen molar-refractivity contribution in [1.82, 2.24) is 4.98 Å². The summed E-state index contributed by atoms with van der Waals surface area (Å²) >= 11 is 0. The summed E-state index contributed by atoms with van der Waals surface area (Å²) in [6, 6.07) is 19.2. The zero-order valence-corrected chi connectivity index (χ0v) is 15.9. The third-order valence-electron chi connectivity index (χ3n) is 4.30. The molecule has 0 saturated carbocycles. The van der Waals surface area contributed by atoms with Crippen LogP contribution in [0, 0.1) is 11.3 Å². The summed E-state index contributed by atoms with van der Waals surface area (Å²) in [6.07, 6.45) is 3.44.